The molecule has 1 aromatic rings. The van der Waals surface area contributed by atoms with Crippen LogP contribution in [-0.2, 0) is 16.1 Å². The molecule has 0 aliphatic rings. The highest BCUT2D eigenvalue weighted by Crippen LogP contribution is 2.04. The van der Waals surface area contributed by atoms with Gasteiger partial charge < -0.3 is 19.6 Å². The van der Waals surface area contributed by atoms with Crippen molar-refractivity contribution in [2.24, 2.45) is 0 Å². The van der Waals surface area contributed by atoms with Gasteiger partial charge in [0.15, 0.2) is 0 Å². The van der Waals surface area contributed by atoms with Crippen molar-refractivity contribution >= 4 is 12.0 Å². The van der Waals surface area contributed by atoms with E-state index in [0.717, 1.165) is 5.56 Å². The fraction of sp³-hybridized carbons (Fsp3) is 0.462. The fourth-order valence-corrected chi connectivity index (χ4v) is 1.68. The first-order chi connectivity index (χ1) is 9.54. The number of carboxylic acids is 1. The molecule has 0 spiro atoms. The lowest BCUT2D eigenvalue weighted by Crippen LogP contribution is -2.44. The van der Waals surface area contributed by atoms with E-state index in [-0.39, 0.29) is 19.1 Å². The zero-order valence-corrected chi connectivity index (χ0v) is 11.7. The summed E-state index contributed by atoms with van der Waals surface area (Å²) in [5.41, 5.74) is 0.880. The van der Waals surface area contributed by atoms with Gasteiger partial charge in [-0.05, 0) is 11.6 Å². The summed E-state index contributed by atoms with van der Waals surface area (Å²) in [7, 11) is 3.12. The first kappa shape index (κ1) is 15.9. The minimum atomic E-state index is -1.05. The lowest BCUT2D eigenvalue weighted by Gasteiger charge is -2.26. The molecular weight excluding hydrogens is 262 g/mol. The van der Waals surface area contributed by atoms with Gasteiger partial charge in [0, 0.05) is 39.6 Å². The van der Waals surface area contributed by atoms with Crippen LogP contribution in [0.25, 0.3) is 0 Å². The summed E-state index contributed by atoms with van der Waals surface area (Å²) in [6.07, 6.45) is 3.32. The molecular formula is C13H19N3O4. The first-order valence-electron chi connectivity index (χ1n) is 6.14. The Morgan fingerprint density at radius 1 is 1.45 bits per heavy atom. The lowest BCUT2D eigenvalue weighted by atomic mass is 10.3. The third-order valence-corrected chi connectivity index (χ3v) is 2.63. The van der Waals surface area contributed by atoms with Crippen LogP contribution in [0.1, 0.15) is 5.56 Å². The number of rotatable bonds is 7. The van der Waals surface area contributed by atoms with Crippen molar-refractivity contribution in [1.29, 1.82) is 0 Å². The average molecular weight is 281 g/mol. The minimum absolute atomic E-state index is 0.235. The van der Waals surface area contributed by atoms with E-state index in [0.29, 0.717) is 13.2 Å². The molecule has 0 saturated heterocycles. The summed E-state index contributed by atoms with van der Waals surface area (Å²) < 4.78 is 4.89. The van der Waals surface area contributed by atoms with Crippen LogP contribution in [0.4, 0.5) is 4.79 Å². The summed E-state index contributed by atoms with van der Waals surface area (Å²) in [6.45, 7) is 0.550. The molecule has 1 aromatic heterocycles. The van der Waals surface area contributed by atoms with Gasteiger partial charge in [-0.25, -0.2) is 4.79 Å². The first-order valence-corrected chi connectivity index (χ1v) is 6.14. The second-order valence-corrected chi connectivity index (χ2v) is 4.31. The van der Waals surface area contributed by atoms with Crippen LogP contribution >= 0.6 is 0 Å². The second kappa shape index (κ2) is 8.11. The van der Waals surface area contributed by atoms with Crippen LogP contribution in [-0.4, -0.2) is 65.7 Å². The number of amides is 2. The van der Waals surface area contributed by atoms with E-state index in [9.17, 15) is 9.59 Å². The van der Waals surface area contributed by atoms with E-state index >= 15 is 0 Å². The number of aliphatic carboxylic acids is 1. The van der Waals surface area contributed by atoms with Gasteiger partial charge in [0.05, 0.1) is 6.61 Å². The fourth-order valence-electron chi connectivity index (χ4n) is 1.68. The molecule has 0 fully saturated rings. The third-order valence-electron chi connectivity index (χ3n) is 2.63. The number of carboxylic acid groups (broad SMARTS) is 1. The number of ether oxygens (including phenoxy) is 1. The smallest absolute Gasteiger partial charge is 0.323 e. The van der Waals surface area contributed by atoms with Gasteiger partial charge in [0.1, 0.15) is 6.54 Å². The maximum Gasteiger partial charge on any atom is 0.323 e. The molecule has 0 bridgehead atoms. The number of aromatic nitrogens is 1. The van der Waals surface area contributed by atoms with E-state index in [2.05, 4.69) is 4.98 Å². The highest BCUT2D eigenvalue weighted by molar-refractivity contribution is 5.80. The normalized spacial score (nSPS) is 10.1. The van der Waals surface area contributed by atoms with Crippen molar-refractivity contribution in [1.82, 2.24) is 14.8 Å². The zero-order chi connectivity index (χ0) is 15.0. The molecule has 0 aliphatic heterocycles. The molecule has 7 heteroatoms. The van der Waals surface area contributed by atoms with E-state index in [1.807, 2.05) is 6.07 Å². The molecule has 0 radical (unpaired) electrons. The van der Waals surface area contributed by atoms with Crippen LogP contribution in [0.2, 0.25) is 0 Å². The van der Waals surface area contributed by atoms with E-state index in [4.69, 9.17) is 9.84 Å². The standard InChI is InChI=1S/C13H19N3O4/c1-15(9-11-4-3-5-14-8-11)13(19)16(6-7-20-2)10-12(17)18/h3-5,8H,6-7,9-10H2,1-2H3,(H,17,18). The Hall–Kier alpha value is -2.15. The highest BCUT2D eigenvalue weighted by atomic mass is 16.5. The Kier molecular flexibility index (Phi) is 6.45. The van der Waals surface area contributed by atoms with Crippen molar-refractivity contribution in [2.75, 3.05) is 33.9 Å². The summed E-state index contributed by atoms with van der Waals surface area (Å²) >= 11 is 0. The van der Waals surface area contributed by atoms with Gasteiger partial charge in [-0.2, -0.15) is 0 Å². The molecule has 0 atom stereocenters. The number of carbonyl (C=O) groups is 2. The Bertz CT molecular complexity index is 439. The summed E-state index contributed by atoms with van der Waals surface area (Å²) in [6, 6.07) is 3.29. The van der Waals surface area contributed by atoms with E-state index < -0.39 is 5.97 Å². The molecule has 20 heavy (non-hydrogen) atoms. The van der Waals surface area contributed by atoms with Crippen LogP contribution in [0.3, 0.4) is 0 Å². The number of nitrogens with zero attached hydrogens (tertiary/aromatic N) is 3. The van der Waals surface area contributed by atoms with Crippen LogP contribution in [0, 0.1) is 0 Å². The van der Waals surface area contributed by atoms with Gasteiger partial charge in [0.25, 0.3) is 0 Å². The molecule has 7 nitrogen and oxygen atoms in total. The number of pyridine rings is 1. The number of methoxy groups -OCH3 is 1. The minimum Gasteiger partial charge on any atom is -0.480 e. The summed E-state index contributed by atoms with van der Waals surface area (Å²) in [4.78, 5) is 29.7. The van der Waals surface area contributed by atoms with Crippen LogP contribution < -0.4 is 0 Å². The molecule has 1 heterocycles. The van der Waals surface area contributed by atoms with E-state index in [1.165, 1.54) is 16.9 Å². The Morgan fingerprint density at radius 2 is 2.20 bits per heavy atom. The average Bonchev–Trinajstić information content (AvgIpc) is 2.43. The summed E-state index contributed by atoms with van der Waals surface area (Å²) in [5.74, 6) is -1.05. The van der Waals surface area contributed by atoms with Crippen molar-refractivity contribution in [3.63, 3.8) is 0 Å². The molecule has 0 saturated carbocycles. The number of urea groups is 1. The zero-order valence-electron chi connectivity index (χ0n) is 11.7. The van der Waals surface area contributed by atoms with Crippen LogP contribution in [0.5, 0.6) is 0 Å². The number of carbonyl (C=O) groups excluding carboxylic acids is 1. The third kappa shape index (κ3) is 5.23. The summed E-state index contributed by atoms with van der Waals surface area (Å²) in [5, 5.41) is 8.84. The largest absolute Gasteiger partial charge is 0.480 e. The second-order valence-electron chi connectivity index (χ2n) is 4.31. The molecule has 1 rings (SSSR count). The number of hydrogen-bond donors (Lipinski definition) is 1. The Balaban J connectivity index is 2.64. The van der Waals surface area contributed by atoms with Crippen molar-refractivity contribution in [3.05, 3.63) is 30.1 Å². The van der Waals surface area contributed by atoms with Gasteiger partial charge in [-0.15, -0.1) is 0 Å². The maximum atomic E-state index is 12.2. The SMILES string of the molecule is COCCN(CC(=O)O)C(=O)N(C)Cc1cccnc1. The molecule has 110 valence electrons. The quantitative estimate of drug-likeness (QED) is 0.794. The van der Waals surface area contributed by atoms with Gasteiger partial charge >= 0.3 is 12.0 Å². The molecule has 0 aliphatic carbocycles. The molecule has 1 N–H and O–H groups in total. The topological polar surface area (TPSA) is 83.0 Å². The van der Waals surface area contributed by atoms with E-state index in [1.54, 1.807) is 25.5 Å². The predicted molar refractivity (Wildman–Crippen MR) is 72.2 cm³/mol. The maximum absolute atomic E-state index is 12.2. The Morgan fingerprint density at radius 3 is 2.75 bits per heavy atom. The molecule has 2 amide bonds. The number of hydrogen-bond acceptors (Lipinski definition) is 4. The van der Waals surface area contributed by atoms with Crippen LogP contribution in [0.15, 0.2) is 24.5 Å². The van der Waals surface area contributed by atoms with Crippen molar-refractivity contribution in [3.8, 4) is 0 Å². The molecule has 0 unspecified atom stereocenters. The lowest BCUT2D eigenvalue weighted by molar-refractivity contribution is -0.137. The van der Waals surface area contributed by atoms with Crippen molar-refractivity contribution in [2.45, 2.75) is 6.54 Å². The highest BCUT2D eigenvalue weighted by Gasteiger charge is 2.20. The monoisotopic (exact) mass is 281 g/mol. The van der Waals surface area contributed by atoms with Gasteiger partial charge in [-0.1, -0.05) is 6.07 Å². The van der Waals surface area contributed by atoms with Gasteiger partial charge in [-0.3, -0.25) is 9.78 Å². The Labute approximate surface area is 117 Å². The predicted octanol–water partition coefficient (Wildman–Crippen LogP) is 0.666. The van der Waals surface area contributed by atoms with Crippen molar-refractivity contribution < 1.29 is 19.4 Å². The van der Waals surface area contributed by atoms with Gasteiger partial charge in [0.2, 0.25) is 0 Å². The molecule has 0 aromatic carbocycles.